The number of aryl methyl sites for hydroxylation is 1. The van der Waals surface area contributed by atoms with Gasteiger partial charge in [-0.2, -0.15) is 0 Å². The number of aromatic nitrogens is 5. The number of halogens is 2. The van der Waals surface area contributed by atoms with Gasteiger partial charge in [0.05, 0.1) is 23.1 Å². The zero-order valence-electron chi connectivity index (χ0n) is 20.4. The van der Waals surface area contributed by atoms with Gasteiger partial charge in [-0.25, -0.2) is 18.7 Å². The number of nitrogens with zero attached hydrogens (tertiary/aromatic N) is 5. The molecule has 9 heteroatoms. The number of nitrogens with one attached hydrogen (secondary N) is 2. The molecular weight excluding hydrogens is 460 g/mol. The smallest absolute Gasteiger partial charge is 0.182 e. The molecule has 1 aliphatic rings. The fraction of sp³-hybridized carbons (Fsp3) is 0.296. The second-order valence-electron chi connectivity index (χ2n) is 9.53. The Morgan fingerprint density at radius 2 is 1.78 bits per heavy atom. The molecule has 6 rings (SSSR count). The number of hydrogen-bond donors (Lipinski definition) is 2. The predicted molar refractivity (Wildman–Crippen MR) is 138 cm³/mol. The molecule has 0 spiro atoms. The average Bonchev–Trinajstić information content (AvgIpc) is 3.45. The van der Waals surface area contributed by atoms with Crippen molar-refractivity contribution in [1.29, 1.82) is 0 Å². The Morgan fingerprint density at radius 3 is 2.56 bits per heavy atom. The van der Waals surface area contributed by atoms with Crippen LogP contribution in [0.1, 0.15) is 25.7 Å². The molecule has 0 bridgehead atoms. The van der Waals surface area contributed by atoms with E-state index in [4.69, 9.17) is 0 Å². The monoisotopic (exact) mass is 487 g/mol. The summed E-state index contributed by atoms with van der Waals surface area (Å²) in [6, 6.07) is 7.22. The SMILES string of the molecule is Cc1nc2cnc(-c3c[nH]c4ncc(-c5cc(F)c(F)c(N6CCNCC6)c5)cc34)cc2n1C(C)C. The minimum atomic E-state index is -0.861. The van der Waals surface area contributed by atoms with Crippen molar-refractivity contribution in [2.75, 3.05) is 31.1 Å². The normalized spacial score (nSPS) is 14.4. The zero-order chi connectivity index (χ0) is 25.0. The Labute approximate surface area is 207 Å². The van der Waals surface area contributed by atoms with E-state index in [0.29, 0.717) is 29.9 Å². The highest BCUT2D eigenvalue weighted by Gasteiger charge is 2.20. The summed E-state index contributed by atoms with van der Waals surface area (Å²) in [4.78, 5) is 19.0. The molecule has 1 saturated heterocycles. The number of imidazole rings is 1. The number of anilines is 1. The lowest BCUT2D eigenvalue weighted by Gasteiger charge is -2.30. The minimum absolute atomic E-state index is 0.264. The van der Waals surface area contributed by atoms with Gasteiger partial charge in [-0.3, -0.25) is 4.98 Å². The summed E-state index contributed by atoms with van der Waals surface area (Å²) in [7, 11) is 0. The number of fused-ring (bicyclic) bond motifs is 2. The molecule has 0 unspecified atom stereocenters. The molecule has 1 fully saturated rings. The van der Waals surface area contributed by atoms with Crippen LogP contribution in [-0.4, -0.2) is 50.7 Å². The predicted octanol–water partition coefficient (Wildman–Crippen LogP) is 5.22. The van der Waals surface area contributed by atoms with Crippen molar-refractivity contribution in [3.8, 4) is 22.4 Å². The van der Waals surface area contributed by atoms with Crippen LogP contribution in [0.2, 0.25) is 0 Å². The van der Waals surface area contributed by atoms with E-state index in [1.807, 2.05) is 30.2 Å². The number of benzene rings is 1. The first-order chi connectivity index (χ1) is 17.4. The Balaban J connectivity index is 1.46. The Hall–Kier alpha value is -3.85. The molecule has 5 aromatic rings. The van der Waals surface area contributed by atoms with Crippen molar-refractivity contribution in [3.05, 3.63) is 60.3 Å². The summed E-state index contributed by atoms with van der Waals surface area (Å²) in [5.74, 6) is -0.730. The van der Waals surface area contributed by atoms with Gasteiger partial charge in [0.25, 0.3) is 0 Å². The fourth-order valence-corrected chi connectivity index (χ4v) is 5.17. The van der Waals surface area contributed by atoms with Gasteiger partial charge < -0.3 is 19.8 Å². The third-order valence-electron chi connectivity index (χ3n) is 6.88. The van der Waals surface area contributed by atoms with E-state index in [9.17, 15) is 8.78 Å². The van der Waals surface area contributed by atoms with E-state index in [0.717, 1.165) is 46.6 Å². The maximum atomic E-state index is 14.7. The van der Waals surface area contributed by atoms with Gasteiger partial charge in [-0.05, 0) is 50.6 Å². The van der Waals surface area contributed by atoms with E-state index in [1.54, 1.807) is 18.5 Å². The van der Waals surface area contributed by atoms with Crippen molar-refractivity contribution >= 4 is 27.8 Å². The number of rotatable bonds is 4. The summed E-state index contributed by atoms with van der Waals surface area (Å²) >= 11 is 0. The molecule has 0 amide bonds. The van der Waals surface area contributed by atoms with Crippen LogP contribution in [0.5, 0.6) is 0 Å². The van der Waals surface area contributed by atoms with E-state index in [-0.39, 0.29) is 11.7 Å². The van der Waals surface area contributed by atoms with Crippen LogP contribution in [0.3, 0.4) is 0 Å². The van der Waals surface area contributed by atoms with Crippen LogP contribution < -0.4 is 10.2 Å². The van der Waals surface area contributed by atoms with E-state index in [1.165, 1.54) is 6.07 Å². The van der Waals surface area contributed by atoms with Gasteiger partial charge in [0.2, 0.25) is 0 Å². The molecule has 0 radical (unpaired) electrons. The first-order valence-electron chi connectivity index (χ1n) is 12.2. The quantitative estimate of drug-likeness (QED) is 0.364. The summed E-state index contributed by atoms with van der Waals surface area (Å²) < 4.78 is 31.6. The molecule has 2 N–H and O–H groups in total. The highest BCUT2D eigenvalue weighted by molar-refractivity contribution is 5.96. The fourth-order valence-electron chi connectivity index (χ4n) is 5.17. The number of pyridine rings is 2. The van der Waals surface area contributed by atoms with E-state index < -0.39 is 11.6 Å². The van der Waals surface area contributed by atoms with Crippen LogP contribution in [0.4, 0.5) is 14.5 Å². The lowest BCUT2D eigenvalue weighted by molar-refractivity contribution is 0.500. The maximum absolute atomic E-state index is 14.7. The van der Waals surface area contributed by atoms with Crippen molar-refractivity contribution < 1.29 is 8.78 Å². The van der Waals surface area contributed by atoms with Crippen molar-refractivity contribution in [2.45, 2.75) is 26.8 Å². The van der Waals surface area contributed by atoms with Crippen LogP contribution in [0, 0.1) is 18.6 Å². The lowest BCUT2D eigenvalue weighted by atomic mass is 10.0. The summed E-state index contributed by atoms with van der Waals surface area (Å²) in [6.07, 6.45) is 5.36. The zero-order valence-corrected chi connectivity index (χ0v) is 20.4. The first kappa shape index (κ1) is 22.6. The van der Waals surface area contributed by atoms with Crippen molar-refractivity contribution in [3.63, 3.8) is 0 Å². The minimum Gasteiger partial charge on any atom is -0.367 e. The highest BCUT2D eigenvalue weighted by atomic mass is 19.2. The topological polar surface area (TPSA) is 74.7 Å². The number of aromatic amines is 1. The van der Waals surface area contributed by atoms with Crippen LogP contribution >= 0.6 is 0 Å². The second-order valence-corrected chi connectivity index (χ2v) is 9.53. The Morgan fingerprint density at radius 1 is 0.972 bits per heavy atom. The van der Waals surface area contributed by atoms with Crippen molar-refractivity contribution in [2.24, 2.45) is 0 Å². The van der Waals surface area contributed by atoms with Crippen LogP contribution in [0.15, 0.2) is 42.9 Å². The Kier molecular flexibility index (Phi) is 5.44. The average molecular weight is 488 g/mol. The van der Waals surface area contributed by atoms with Gasteiger partial charge in [-0.1, -0.05) is 0 Å². The molecule has 5 heterocycles. The molecule has 184 valence electrons. The molecule has 1 aromatic carbocycles. The van der Waals surface area contributed by atoms with Crippen molar-refractivity contribution in [1.82, 2.24) is 29.8 Å². The molecule has 1 aliphatic heterocycles. The van der Waals surface area contributed by atoms with Crippen LogP contribution in [-0.2, 0) is 0 Å². The largest absolute Gasteiger partial charge is 0.367 e. The summed E-state index contributed by atoms with van der Waals surface area (Å²) in [5, 5.41) is 4.10. The van der Waals surface area contributed by atoms with Gasteiger partial charge in [0.1, 0.15) is 17.0 Å². The second kappa shape index (κ2) is 8.67. The number of H-pyrrole nitrogens is 1. The van der Waals surface area contributed by atoms with E-state index >= 15 is 0 Å². The Bertz CT molecular complexity index is 1600. The van der Waals surface area contributed by atoms with Crippen LogP contribution in [0.25, 0.3) is 44.5 Å². The molecule has 0 saturated carbocycles. The number of hydrogen-bond acceptors (Lipinski definition) is 5. The summed E-state index contributed by atoms with van der Waals surface area (Å²) in [5.41, 5.74) is 5.84. The number of piperazine rings is 1. The third kappa shape index (κ3) is 3.71. The van der Waals surface area contributed by atoms with Gasteiger partial charge >= 0.3 is 0 Å². The first-order valence-corrected chi connectivity index (χ1v) is 12.2. The standard InChI is InChI=1S/C27H27F2N7/c1-15(2)36-16(3)34-23-14-31-22(11-24(23)36)20-13-33-27-19(20)8-18(12-32-27)17-9-21(28)26(29)25(10-17)35-6-4-30-5-7-35/h8-15,30H,4-7H2,1-3H3,(H,32,33). The summed E-state index contributed by atoms with van der Waals surface area (Å²) in [6.45, 7) is 8.98. The molecule has 36 heavy (non-hydrogen) atoms. The van der Waals surface area contributed by atoms with Gasteiger partial charge in [0, 0.05) is 61.1 Å². The maximum Gasteiger partial charge on any atom is 0.182 e. The highest BCUT2D eigenvalue weighted by Crippen LogP contribution is 2.34. The van der Waals surface area contributed by atoms with Gasteiger partial charge in [0.15, 0.2) is 11.6 Å². The molecule has 0 atom stereocenters. The molecule has 4 aromatic heterocycles. The lowest BCUT2D eigenvalue weighted by Crippen LogP contribution is -2.44. The molecule has 7 nitrogen and oxygen atoms in total. The third-order valence-corrected chi connectivity index (χ3v) is 6.88. The van der Waals surface area contributed by atoms with Gasteiger partial charge in [-0.15, -0.1) is 0 Å². The molecule has 0 aliphatic carbocycles. The van der Waals surface area contributed by atoms with E-state index in [2.05, 4.69) is 43.7 Å². The molecular formula is C27H27F2N7.